The van der Waals surface area contributed by atoms with Crippen molar-refractivity contribution in [3.8, 4) is 0 Å². The van der Waals surface area contributed by atoms with Gasteiger partial charge in [-0.15, -0.1) is 24.0 Å². The number of ether oxygens (including phenoxy) is 1. The van der Waals surface area contributed by atoms with Crippen LogP contribution in [0.1, 0.15) is 11.1 Å². The zero-order chi connectivity index (χ0) is 18.0. The standard InChI is InChI=1S/C20H29N5O.HI/c1-21-20(22-8-11-24-9-2-3-10-24)23-16-18-4-6-19(7-5-18)17-25-12-14-26-15-13-25;/h2-7,9-10H,8,11-17H2,1H3,(H2,21,22,23);1H. The van der Waals surface area contributed by atoms with Gasteiger partial charge in [-0.1, -0.05) is 24.3 Å². The van der Waals surface area contributed by atoms with E-state index in [2.05, 4.69) is 61.8 Å². The van der Waals surface area contributed by atoms with Crippen LogP contribution in [0.2, 0.25) is 0 Å². The average Bonchev–Trinajstić information content (AvgIpc) is 3.20. The molecule has 2 N–H and O–H groups in total. The number of halogens is 1. The predicted octanol–water partition coefficient (Wildman–Crippen LogP) is 2.30. The lowest BCUT2D eigenvalue weighted by molar-refractivity contribution is 0.0342. The number of hydrogen-bond donors (Lipinski definition) is 2. The second-order valence-corrected chi connectivity index (χ2v) is 6.48. The van der Waals surface area contributed by atoms with Crippen molar-refractivity contribution in [1.82, 2.24) is 20.1 Å². The second-order valence-electron chi connectivity index (χ2n) is 6.48. The summed E-state index contributed by atoms with van der Waals surface area (Å²) in [7, 11) is 1.80. The van der Waals surface area contributed by atoms with Crippen LogP contribution in [0.3, 0.4) is 0 Å². The Morgan fingerprint density at radius 3 is 2.37 bits per heavy atom. The van der Waals surface area contributed by atoms with E-state index in [0.717, 1.165) is 58.4 Å². The summed E-state index contributed by atoms with van der Waals surface area (Å²) in [5, 5.41) is 6.71. The number of nitrogens with zero attached hydrogens (tertiary/aromatic N) is 3. The third-order valence-corrected chi connectivity index (χ3v) is 4.55. The summed E-state index contributed by atoms with van der Waals surface area (Å²) in [5.41, 5.74) is 2.61. The van der Waals surface area contributed by atoms with Gasteiger partial charge >= 0.3 is 0 Å². The Bertz CT molecular complexity index is 666. The molecular formula is C20H30IN5O. The lowest BCUT2D eigenvalue weighted by Gasteiger charge is -2.26. The van der Waals surface area contributed by atoms with Crippen molar-refractivity contribution in [1.29, 1.82) is 0 Å². The molecule has 0 spiro atoms. The smallest absolute Gasteiger partial charge is 0.191 e. The van der Waals surface area contributed by atoms with Gasteiger partial charge in [-0.05, 0) is 23.3 Å². The molecule has 1 fully saturated rings. The van der Waals surface area contributed by atoms with E-state index in [1.54, 1.807) is 7.05 Å². The Hall–Kier alpha value is -1.58. The van der Waals surface area contributed by atoms with Gasteiger partial charge in [-0.25, -0.2) is 0 Å². The number of hydrogen-bond acceptors (Lipinski definition) is 3. The minimum atomic E-state index is 0. The van der Waals surface area contributed by atoms with Crippen LogP contribution in [0.5, 0.6) is 0 Å². The van der Waals surface area contributed by atoms with Crippen LogP contribution in [-0.2, 0) is 24.4 Å². The molecule has 3 rings (SSSR count). The van der Waals surface area contributed by atoms with Crippen molar-refractivity contribution >= 4 is 29.9 Å². The molecule has 0 bridgehead atoms. The van der Waals surface area contributed by atoms with Crippen molar-refractivity contribution < 1.29 is 4.74 Å². The van der Waals surface area contributed by atoms with Gasteiger partial charge in [0.25, 0.3) is 0 Å². The normalized spacial score (nSPS) is 15.2. The quantitative estimate of drug-likeness (QED) is 0.361. The Morgan fingerprint density at radius 2 is 1.70 bits per heavy atom. The maximum Gasteiger partial charge on any atom is 0.191 e. The van der Waals surface area contributed by atoms with Crippen LogP contribution >= 0.6 is 24.0 Å². The van der Waals surface area contributed by atoms with E-state index >= 15 is 0 Å². The van der Waals surface area contributed by atoms with Crippen molar-refractivity contribution in [2.24, 2.45) is 4.99 Å². The number of aromatic nitrogens is 1. The van der Waals surface area contributed by atoms with Gasteiger partial charge in [-0.2, -0.15) is 0 Å². The van der Waals surface area contributed by atoms with E-state index in [4.69, 9.17) is 4.74 Å². The van der Waals surface area contributed by atoms with Crippen LogP contribution in [-0.4, -0.2) is 55.3 Å². The molecule has 7 heteroatoms. The van der Waals surface area contributed by atoms with Gasteiger partial charge in [0.1, 0.15) is 0 Å². The highest BCUT2D eigenvalue weighted by Crippen LogP contribution is 2.09. The van der Waals surface area contributed by atoms with E-state index in [1.165, 1.54) is 11.1 Å². The summed E-state index contributed by atoms with van der Waals surface area (Å²) in [6.45, 7) is 7.26. The number of benzene rings is 1. The molecular weight excluding hydrogens is 453 g/mol. The highest BCUT2D eigenvalue weighted by molar-refractivity contribution is 14.0. The van der Waals surface area contributed by atoms with E-state index in [9.17, 15) is 0 Å². The van der Waals surface area contributed by atoms with Crippen LogP contribution in [0.4, 0.5) is 0 Å². The molecule has 0 saturated carbocycles. The molecule has 2 aromatic rings. The molecule has 27 heavy (non-hydrogen) atoms. The molecule has 2 heterocycles. The fourth-order valence-corrected chi connectivity index (χ4v) is 3.01. The monoisotopic (exact) mass is 483 g/mol. The Kier molecular flexibility index (Phi) is 9.65. The van der Waals surface area contributed by atoms with Crippen molar-refractivity contribution in [3.05, 3.63) is 59.9 Å². The predicted molar refractivity (Wildman–Crippen MR) is 121 cm³/mol. The van der Waals surface area contributed by atoms with Crippen molar-refractivity contribution in [2.75, 3.05) is 39.9 Å². The minimum Gasteiger partial charge on any atom is -0.379 e. The first kappa shape index (κ1) is 21.7. The third-order valence-electron chi connectivity index (χ3n) is 4.55. The maximum absolute atomic E-state index is 5.40. The molecule has 1 saturated heterocycles. The topological polar surface area (TPSA) is 53.8 Å². The number of rotatable bonds is 7. The molecule has 0 atom stereocenters. The van der Waals surface area contributed by atoms with Gasteiger partial charge in [-0.3, -0.25) is 9.89 Å². The molecule has 0 unspecified atom stereocenters. The van der Waals surface area contributed by atoms with E-state index in [1.807, 2.05) is 12.1 Å². The molecule has 1 aromatic carbocycles. The van der Waals surface area contributed by atoms with Crippen molar-refractivity contribution in [2.45, 2.75) is 19.6 Å². The fourth-order valence-electron chi connectivity index (χ4n) is 3.01. The molecule has 1 aliphatic rings. The second kappa shape index (κ2) is 12.0. The summed E-state index contributed by atoms with van der Waals surface area (Å²) < 4.78 is 7.55. The SMILES string of the molecule is CN=C(NCCn1cccc1)NCc1ccc(CN2CCOCC2)cc1.I. The van der Waals surface area contributed by atoms with Crippen molar-refractivity contribution in [3.63, 3.8) is 0 Å². The Morgan fingerprint density at radius 1 is 1.04 bits per heavy atom. The van der Waals surface area contributed by atoms with Gasteiger partial charge in [0.15, 0.2) is 5.96 Å². The first-order valence-electron chi connectivity index (χ1n) is 9.27. The summed E-state index contributed by atoms with van der Waals surface area (Å²) >= 11 is 0. The largest absolute Gasteiger partial charge is 0.379 e. The van der Waals surface area contributed by atoms with Crippen LogP contribution in [0, 0.1) is 0 Å². The summed E-state index contributed by atoms with van der Waals surface area (Å²) in [6, 6.07) is 12.9. The first-order valence-corrected chi connectivity index (χ1v) is 9.27. The summed E-state index contributed by atoms with van der Waals surface area (Å²) in [4.78, 5) is 6.72. The van der Waals surface area contributed by atoms with Gasteiger partial charge in [0, 0.05) is 58.7 Å². The highest BCUT2D eigenvalue weighted by Gasteiger charge is 2.10. The average molecular weight is 483 g/mol. The van der Waals surface area contributed by atoms with E-state index < -0.39 is 0 Å². The number of aliphatic imine (C=N–C) groups is 1. The molecule has 6 nitrogen and oxygen atoms in total. The molecule has 1 aromatic heterocycles. The van der Waals surface area contributed by atoms with Gasteiger partial charge in [0.05, 0.1) is 13.2 Å². The van der Waals surface area contributed by atoms with E-state index in [0.29, 0.717) is 0 Å². The lowest BCUT2D eigenvalue weighted by atomic mass is 10.1. The van der Waals surface area contributed by atoms with E-state index in [-0.39, 0.29) is 24.0 Å². The molecule has 0 radical (unpaired) electrons. The van der Waals surface area contributed by atoms with Crippen LogP contribution in [0.25, 0.3) is 0 Å². The fraction of sp³-hybridized carbons (Fsp3) is 0.450. The van der Waals surface area contributed by atoms with Crippen LogP contribution in [0.15, 0.2) is 53.8 Å². The maximum atomic E-state index is 5.40. The molecule has 0 amide bonds. The van der Waals surface area contributed by atoms with Gasteiger partial charge < -0.3 is 19.9 Å². The third kappa shape index (κ3) is 7.51. The zero-order valence-corrected chi connectivity index (χ0v) is 18.3. The Balaban J connectivity index is 0.00000261. The minimum absolute atomic E-state index is 0. The summed E-state index contributed by atoms with van der Waals surface area (Å²) in [6.07, 6.45) is 4.13. The number of nitrogens with one attached hydrogen (secondary N) is 2. The Labute approximate surface area is 179 Å². The van der Waals surface area contributed by atoms with Gasteiger partial charge in [0.2, 0.25) is 0 Å². The molecule has 148 valence electrons. The molecule has 1 aliphatic heterocycles. The summed E-state index contributed by atoms with van der Waals surface area (Å²) in [5.74, 6) is 0.828. The number of morpholine rings is 1. The lowest BCUT2D eigenvalue weighted by Crippen LogP contribution is -2.38. The number of guanidine groups is 1. The zero-order valence-electron chi connectivity index (χ0n) is 15.9. The first-order chi connectivity index (χ1) is 12.8. The molecule has 0 aliphatic carbocycles. The van der Waals surface area contributed by atoms with Crippen LogP contribution < -0.4 is 10.6 Å². The highest BCUT2D eigenvalue weighted by atomic mass is 127.